The first-order valence-corrected chi connectivity index (χ1v) is 11.3. The van der Waals surface area contributed by atoms with Crippen LogP contribution < -0.4 is 15.5 Å². The Labute approximate surface area is 178 Å². The van der Waals surface area contributed by atoms with Gasteiger partial charge in [0, 0.05) is 57.3 Å². The summed E-state index contributed by atoms with van der Waals surface area (Å²) >= 11 is 0. The Balaban J connectivity index is 1.24. The summed E-state index contributed by atoms with van der Waals surface area (Å²) in [6.07, 6.45) is 7.04. The van der Waals surface area contributed by atoms with E-state index in [0.717, 1.165) is 62.5 Å². The normalized spacial score (nSPS) is 22.8. The molecule has 1 aliphatic carbocycles. The summed E-state index contributed by atoms with van der Waals surface area (Å²) in [6, 6.07) is 8.38. The number of aliphatic imine (C=N–C) groups is 1. The minimum absolute atomic E-state index is 0.211. The third-order valence-corrected chi connectivity index (χ3v) is 6.55. The fourth-order valence-corrected chi connectivity index (χ4v) is 4.80. The van der Waals surface area contributed by atoms with E-state index >= 15 is 0 Å². The molecule has 30 heavy (non-hydrogen) atoms. The summed E-state index contributed by atoms with van der Waals surface area (Å²) < 4.78 is 0. The number of benzene rings is 1. The monoisotopic (exact) mass is 411 g/mol. The van der Waals surface area contributed by atoms with Crippen LogP contribution in [0.25, 0.3) is 0 Å². The maximum absolute atomic E-state index is 12.6. The molecular formula is C23H33N5O2. The molecule has 1 saturated carbocycles. The van der Waals surface area contributed by atoms with Crippen molar-refractivity contribution in [2.75, 3.05) is 31.6 Å². The van der Waals surface area contributed by atoms with Gasteiger partial charge in [0.25, 0.3) is 0 Å². The van der Waals surface area contributed by atoms with E-state index in [1.807, 2.05) is 21.9 Å². The number of carbonyl (C=O) groups excluding carboxylic acids is 2. The molecule has 7 heteroatoms. The van der Waals surface area contributed by atoms with Crippen LogP contribution in [0, 0.1) is 5.92 Å². The summed E-state index contributed by atoms with van der Waals surface area (Å²) in [5, 5.41) is 6.83. The minimum Gasteiger partial charge on any atom is -0.352 e. The van der Waals surface area contributed by atoms with E-state index < -0.39 is 0 Å². The van der Waals surface area contributed by atoms with Crippen molar-refractivity contribution >= 4 is 23.5 Å². The fourth-order valence-electron chi connectivity index (χ4n) is 4.80. The van der Waals surface area contributed by atoms with Crippen LogP contribution in [0.2, 0.25) is 0 Å². The van der Waals surface area contributed by atoms with E-state index in [1.165, 1.54) is 12.8 Å². The Kier molecular flexibility index (Phi) is 6.55. The highest BCUT2D eigenvalue weighted by Gasteiger charge is 2.32. The topological polar surface area (TPSA) is 77.0 Å². The van der Waals surface area contributed by atoms with Crippen molar-refractivity contribution in [2.24, 2.45) is 10.9 Å². The highest BCUT2D eigenvalue weighted by molar-refractivity contribution is 5.95. The van der Waals surface area contributed by atoms with Crippen LogP contribution in [-0.4, -0.2) is 55.4 Å². The molecule has 0 bridgehead atoms. The van der Waals surface area contributed by atoms with Crippen LogP contribution in [0.15, 0.2) is 29.3 Å². The minimum atomic E-state index is 0.211. The summed E-state index contributed by atoms with van der Waals surface area (Å²) in [6.45, 7) is 3.06. The molecule has 3 aliphatic rings. The molecule has 2 aliphatic heterocycles. The van der Waals surface area contributed by atoms with E-state index in [9.17, 15) is 9.59 Å². The van der Waals surface area contributed by atoms with Gasteiger partial charge in [-0.1, -0.05) is 25.0 Å². The first-order valence-electron chi connectivity index (χ1n) is 11.3. The van der Waals surface area contributed by atoms with E-state index in [1.54, 1.807) is 7.05 Å². The molecule has 1 atom stereocenters. The smallest absolute Gasteiger partial charge is 0.227 e. The van der Waals surface area contributed by atoms with Crippen LogP contribution in [-0.2, 0) is 16.1 Å². The number of nitrogens with zero attached hydrogens (tertiary/aromatic N) is 3. The van der Waals surface area contributed by atoms with Gasteiger partial charge in [0.15, 0.2) is 5.96 Å². The van der Waals surface area contributed by atoms with E-state index in [-0.39, 0.29) is 17.9 Å². The lowest BCUT2D eigenvalue weighted by atomic mass is 10.1. The molecule has 2 saturated heterocycles. The Hall–Kier alpha value is -2.57. The van der Waals surface area contributed by atoms with Crippen LogP contribution in [0.4, 0.5) is 5.69 Å². The Morgan fingerprint density at radius 3 is 2.53 bits per heavy atom. The quantitative estimate of drug-likeness (QED) is 0.576. The zero-order chi connectivity index (χ0) is 20.9. The van der Waals surface area contributed by atoms with Gasteiger partial charge in [-0.15, -0.1) is 0 Å². The molecule has 7 nitrogen and oxygen atoms in total. The van der Waals surface area contributed by atoms with Gasteiger partial charge in [0.05, 0.1) is 0 Å². The van der Waals surface area contributed by atoms with Gasteiger partial charge < -0.3 is 20.4 Å². The highest BCUT2D eigenvalue weighted by atomic mass is 16.2. The van der Waals surface area contributed by atoms with Gasteiger partial charge in [-0.2, -0.15) is 0 Å². The summed E-state index contributed by atoms with van der Waals surface area (Å²) in [4.78, 5) is 32.7. The average molecular weight is 412 g/mol. The highest BCUT2D eigenvalue weighted by Crippen LogP contribution is 2.28. The SMILES string of the molecule is CN=C(NCc1ccc(N2CCCC2=O)cc1)NC1CCN(C(=O)C2CCCC2)C1. The zero-order valence-electron chi connectivity index (χ0n) is 17.9. The molecule has 2 heterocycles. The largest absolute Gasteiger partial charge is 0.352 e. The predicted molar refractivity (Wildman–Crippen MR) is 118 cm³/mol. The number of nitrogens with one attached hydrogen (secondary N) is 2. The lowest BCUT2D eigenvalue weighted by molar-refractivity contribution is -0.134. The third kappa shape index (κ3) is 4.77. The van der Waals surface area contributed by atoms with Crippen molar-refractivity contribution in [3.8, 4) is 0 Å². The second kappa shape index (κ2) is 9.49. The third-order valence-electron chi connectivity index (χ3n) is 6.55. The average Bonchev–Trinajstić information content (AvgIpc) is 3.53. The summed E-state index contributed by atoms with van der Waals surface area (Å²) in [5.74, 6) is 1.56. The van der Waals surface area contributed by atoms with Crippen LogP contribution in [0.3, 0.4) is 0 Å². The zero-order valence-corrected chi connectivity index (χ0v) is 17.9. The van der Waals surface area contributed by atoms with Crippen molar-refractivity contribution in [1.82, 2.24) is 15.5 Å². The maximum Gasteiger partial charge on any atom is 0.227 e. The van der Waals surface area contributed by atoms with Gasteiger partial charge in [-0.05, 0) is 43.4 Å². The molecule has 0 radical (unpaired) electrons. The predicted octanol–water partition coefficient (Wildman–Crippen LogP) is 2.27. The van der Waals surface area contributed by atoms with Gasteiger partial charge in [0.2, 0.25) is 11.8 Å². The molecule has 3 fully saturated rings. The van der Waals surface area contributed by atoms with E-state index in [4.69, 9.17) is 0 Å². The van der Waals surface area contributed by atoms with E-state index in [0.29, 0.717) is 18.9 Å². The Morgan fingerprint density at radius 2 is 1.87 bits per heavy atom. The molecule has 162 valence electrons. The lowest BCUT2D eigenvalue weighted by Crippen LogP contribution is -2.45. The summed E-state index contributed by atoms with van der Waals surface area (Å²) in [7, 11) is 1.77. The second-order valence-electron chi connectivity index (χ2n) is 8.64. The Bertz CT molecular complexity index is 785. The molecule has 4 rings (SSSR count). The van der Waals surface area contributed by atoms with Gasteiger partial charge in [0.1, 0.15) is 0 Å². The van der Waals surface area contributed by atoms with Crippen LogP contribution >= 0.6 is 0 Å². The maximum atomic E-state index is 12.6. The van der Waals surface area contributed by atoms with Crippen LogP contribution in [0.5, 0.6) is 0 Å². The van der Waals surface area contributed by atoms with Crippen molar-refractivity contribution < 1.29 is 9.59 Å². The van der Waals surface area contributed by atoms with Crippen molar-refractivity contribution in [1.29, 1.82) is 0 Å². The fraction of sp³-hybridized carbons (Fsp3) is 0.609. The molecule has 0 aromatic heterocycles. The molecule has 0 spiro atoms. The molecule has 2 amide bonds. The first-order chi connectivity index (χ1) is 14.6. The lowest BCUT2D eigenvalue weighted by Gasteiger charge is -2.21. The van der Waals surface area contributed by atoms with Gasteiger partial charge in [-0.25, -0.2) is 0 Å². The number of guanidine groups is 1. The van der Waals surface area contributed by atoms with Gasteiger partial charge in [-0.3, -0.25) is 14.6 Å². The number of likely N-dealkylation sites (tertiary alicyclic amines) is 1. The molecule has 1 aromatic rings. The molecule has 1 aromatic carbocycles. The number of anilines is 1. The number of carbonyl (C=O) groups is 2. The summed E-state index contributed by atoms with van der Waals surface area (Å²) in [5.41, 5.74) is 2.11. The van der Waals surface area contributed by atoms with Crippen molar-refractivity contribution in [3.63, 3.8) is 0 Å². The Morgan fingerprint density at radius 1 is 1.10 bits per heavy atom. The number of hydrogen-bond acceptors (Lipinski definition) is 3. The number of amides is 2. The molecule has 1 unspecified atom stereocenters. The number of rotatable bonds is 5. The van der Waals surface area contributed by atoms with Crippen molar-refractivity contribution in [3.05, 3.63) is 29.8 Å². The molecule has 2 N–H and O–H groups in total. The standard InChI is InChI=1S/C23H33N5O2/c1-24-23(26-19-12-14-27(16-19)22(30)18-5-2-3-6-18)25-15-17-8-10-20(11-9-17)28-13-4-7-21(28)29/h8-11,18-19H,2-7,12-16H2,1H3,(H2,24,25,26). The van der Waals surface area contributed by atoms with Gasteiger partial charge >= 0.3 is 0 Å². The first kappa shape index (κ1) is 20.7. The second-order valence-corrected chi connectivity index (χ2v) is 8.64. The van der Waals surface area contributed by atoms with Crippen molar-refractivity contribution in [2.45, 2.75) is 57.5 Å². The van der Waals surface area contributed by atoms with E-state index in [2.05, 4.69) is 27.8 Å². The van der Waals surface area contributed by atoms with Crippen LogP contribution in [0.1, 0.15) is 50.5 Å². The number of hydrogen-bond donors (Lipinski definition) is 2. The molecular weight excluding hydrogens is 378 g/mol.